The Morgan fingerprint density at radius 1 is 1.04 bits per heavy atom. The molecular weight excluding hydrogens is 318 g/mol. The molecule has 4 rings (SSSR count). The zero-order chi connectivity index (χ0) is 17.2. The van der Waals surface area contributed by atoms with Crippen LogP contribution in [0.4, 0.5) is 5.82 Å². The van der Waals surface area contributed by atoms with Gasteiger partial charge >= 0.3 is 0 Å². The van der Waals surface area contributed by atoms with Gasteiger partial charge < -0.3 is 10.2 Å². The summed E-state index contributed by atoms with van der Waals surface area (Å²) in [6.45, 7) is 0. The Bertz CT molecular complexity index is 963. The van der Waals surface area contributed by atoms with Crippen LogP contribution in [0.15, 0.2) is 47.0 Å². The van der Waals surface area contributed by atoms with E-state index in [1.54, 1.807) is 6.20 Å². The predicted octanol–water partition coefficient (Wildman–Crippen LogP) is 2.91. The smallest absolute Gasteiger partial charge is 0.270 e. The molecule has 1 aromatic carbocycles. The van der Waals surface area contributed by atoms with Gasteiger partial charge in [0.1, 0.15) is 5.78 Å². The number of Topliss-reactive ketones (excluding diaryl/α,β-unsaturated/α-hetero) is 1. The van der Waals surface area contributed by atoms with E-state index in [2.05, 4.69) is 20.2 Å². The summed E-state index contributed by atoms with van der Waals surface area (Å²) in [6, 6.07) is 9.46. The Hall–Kier alpha value is -3.35. The summed E-state index contributed by atoms with van der Waals surface area (Å²) in [7, 11) is 0. The van der Waals surface area contributed by atoms with Crippen molar-refractivity contribution in [3.05, 3.63) is 48.3 Å². The van der Waals surface area contributed by atoms with E-state index in [1.807, 2.05) is 36.4 Å². The number of hydrogen-bond donors (Lipinski definition) is 1. The topological polar surface area (TPSA) is 108 Å². The number of carbonyl (C=O) groups excluding carboxylic acids is 1. The average Bonchev–Trinajstić information content (AvgIpc) is 3.14. The predicted molar refractivity (Wildman–Crippen MR) is 92.0 cm³/mol. The first kappa shape index (κ1) is 15.2. The van der Waals surface area contributed by atoms with E-state index in [0.717, 1.165) is 11.1 Å². The Labute approximate surface area is 143 Å². The third-order valence-electron chi connectivity index (χ3n) is 4.03. The zero-order valence-corrected chi connectivity index (χ0v) is 13.3. The van der Waals surface area contributed by atoms with Gasteiger partial charge in [-0.15, -0.1) is 10.2 Å². The highest BCUT2D eigenvalue weighted by atomic mass is 16.4. The molecule has 2 aromatic heterocycles. The molecule has 1 aliphatic rings. The minimum atomic E-state index is 0.221. The van der Waals surface area contributed by atoms with Crippen LogP contribution in [0.25, 0.3) is 28.6 Å². The number of carbonyl (C=O) groups is 1. The lowest BCUT2D eigenvalue weighted by Gasteiger charge is -2.12. The molecule has 0 atom stereocenters. The molecule has 0 saturated carbocycles. The summed E-state index contributed by atoms with van der Waals surface area (Å²) in [5.41, 5.74) is 8.77. The van der Waals surface area contributed by atoms with Crippen molar-refractivity contribution in [1.29, 1.82) is 0 Å². The summed E-state index contributed by atoms with van der Waals surface area (Å²) in [4.78, 5) is 20.1. The Morgan fingerprint density at radius 3 is 2.60 bits per heavy atom. The third-order valence-corrected chi connectivity index (χ3v) is 4.03. The van der Waals surface area contributed by atoms with Crippen molar-refractivity contribution in [3.8, 4) is 23.0 Å². The molecule has 124 valence electrons. The molecule has 7 nitrogen and oxygen atoms in total. The van der Waals surface area contributed by atoms with Crippen molar-refractivity contribution in [1.82, 2.24) is 20.2 Å². The number of nitrogens with zero attached hydrogens (tertiary/aromatic N) is 4. The molecule has 1 aliphatic carbocycles. The van der Waals surface area contributed by atoms with Crippen molar-refractivity contribution in [3.63, 3.8) is 0 Å². The normalized spacial score (nSPS) is 14.4. The fourth-order valence-corrected chi connectivity index (χ4v) is 2.67. The summed E-state index contributed by atoms with van der Waals surface area (Å²) in [5.74, 6) is 1.07. The lowest BCUT2D eigenvalue weighted by Crippen LogP contribution is -2.06. The molecule has 7 heteroatoms. The lowest BCUT2D eigenvalue weighted by atomic mass is 9.96. The van der Waals surface area contributed by atoms with Gasteiger partial charge in [0, 0.05) is 18.4 Å². The van der Waals surface area contributed by atoms with Gasteiger partial charge in [-0.1, -0.05) is 24.3 Å². The molecule has 3 aromatic rings. The van der Waals surface area contributed by atoms with Crippen molar-refractivity contribution in [2.75, 3.05) is 5.73 Å². The van der Waals surface area contributed by atoms with Gasteiger partial charge in [-0.3, -0.25) is 4.79 Å². The van der Waals surface area contributed by atoms with Crippen molar-refractivity contribution < 1.29 is 9.21 Å². The van der Waals surface area contributed by atoms with Gasteiger partial charge in [0.05, 0.1) is 11.9 Å². The van der Waals surface area contributed by atoms with Crippen LogP contribution in [0.1, 0.15) is 25.0 Å². The second-order valence-corrected chi connectivity index (χ2v) is 5.74. The van der Waals surface area contributed by atoms with E-state index in [9.17, 15) is 4.79 Å². The number of anilines is 1. The second kappa shape index (κ2) is 6.27. The highest BCUT2D eigenvalue weighted by Gasteiger charge is 2.19. The van der Waals surface area contributed by atoms with Crippen LogP contribution in [0.3, 0.4) is 0 Å². The van der Waals surface area contributed by atoms with Crippen LogP contribution in [-0.4, -0.2) is 25.9 Å². The number of benzene rings is 1. The molecule has 0 amide bonds. The summed E-state index contributed by atoms with van der Waals surface area (Å²) < 4.78 is 5.72. The molecule has 0 fully saturated rings. The number of hydrogen-bond acceptors (Lipinski definition) is 7. The van der Waals surface area contributed by atoms with Gasteiger partial charge in [0.2, 0.25) is 5.89 Å². The van der Waals surface area contributed by atoms with Crippen LogP contribution in [-0.2, 0) is 4.79 Å². The van der Waals surface area contributed by atoms with Gasteiger partial charge in [0.25, 0.3) is 5.89 Å². The number of rotatable bonds is 3. The van der Waals surface area contributed by atoms with E-state index >= 15 is 0 Å². The number of aromatic nitrogens is 4. The minimum absolute atomic E-state index is 0.221. The molecule has 0 bridgehead atoms. The second-order valence-electron chi connectivity index (χ2n) is 5.74. The number of nitrogens with two attached hydrogens (primary N) is 1. The molecule has 0 saturated heterocycles. The molecule has 25 heavy (non-hydrogen) atoms. The van der Waals surface area contributed by atoms with E-state index < -0.39 is 0 Å². The van der Waals surface area contributed by atoms with Gasteiger partial charge in [-0.2, -0.15) is 0 Å². The van der Waals surface area contributed by atoms with Crippen molar-refractivity contribution >= 4 is 17.2 Å². The fourth-order valence-electron chi connectivity index (χ4n) is 2.67. The highest BCUT2D eigenvalue weighted by molar-refractivity contribution is 5.86. The van der Waals surface area contributed by atoms with E-state index in [4.69, 9.17) is 10.2 Å². The maximum absolute atomic E-state index is 11.4. The quantitative estimate of drug-likeness (QED) is 0.785. The molecule has 0 spiro atoms. The zero-order valence-electron chi connectivity index (χ0n) is 13.3. The van der Waals surface area contributed by atoms with E-state index in [1.165, 1.54) is 0 Å². The fraction of sp³-hybridized carbons (Fsp3) is 0.167. The Balaban J connectivity index is 1.70. The minimum Gasteiger partial charge on any atom is -0.414 e. The highest BCUT2D eigenvalue weighted by Crippen LogP contribution is 2.29. The monoisotopic (exact) mass is 333 g/mol. The summed E-state index contributed by atoms with van der Waals surface area (Å²) in [6.07, 6.45) is 5.09. The first-order chi connectivity index (χ1) is 12.2. The molecule has 2 N–H and O–H groups in total. The Morgan fingerprint density at radius 2 is 1.84 bits per heavy atom. The Kier molecular flexibility index (Phi) is 3.81. The van der Waals surface area contributed by atoms with Crippen molar-refractivity contribution in [2.24, 2.45) is 0 Å². The standard InChI is InChI=1S/C18H15N5O2/c19-16-15(18-23-22-17(25-18)12-4-2-1-3-5-12)21-14(10-20-16)11-6-8-13(24)9-7-11/h1-6,10H,7-9H2,(H2,19,20). The summed E-state index contributed by atoms with van der Waals surface area (Å²) >= 11 is 0. The van der Waals surface area contributed by atoms with Crippen LogP contribution in [0.2, 0.25) is 0 Å². The molecular formula is C18H15N5O2. The molecule has 2 heterocycles. The molecule has 0 radical (unpaired) electrons. The SMILES string of the molecule is Nc1ncc(C2=CCC(=O)CC2)nc1-c1nnc(-c2ccccc2)o1. The van der Waals surface area contributed by atoms with Crippen LogP contribution in [0.5, 0.6) is 0 Å². The molecule has 0 aliphatic heterocycles. The first-order valence-electron chi connectivity index (χ1n) is 7.93. The van der Waals surface area contributed by atoms with E-state index in [-0.39, 0.29) is 17.5 Å². The van der Waals surface area contributed by atoms with Gasteiger partial charge in [-0.05, 0) is 24.1 Å². The summed E-state index contributed by atoms with van der Waals surface area (Å²) in [5, 5.41) is 8.11. The lowest BCUT2D eigenvalue weighted by molar-refractivity contribution is -0.118. The number of ketones is 1. The van der Waals surface area contributed by atoms with Crippen LogP contribution < -0.4 is 5.73 Å². The van der Waals surface area contributed by atoms with Crippen LogP contribution >= 0.6 is 0 Å². The van der Waals surface area contributed by atoms with Gasteiger partial charge in [-0.25, -0.2) is 9.97 Å². The third kappa shape index (κ3) is 3.03. The maximum Gasteiger partial charge on any atom is 0.270 e. The first-order valence-corrected chi connectivity index (χ1v) is 7.93. The van der Waals surface area contributed by atoms with Gasteiger partial charge in [0.15, 0.2) is 11.5 Å². The van der Waals surface area contributed by atoms with E-state index in [0.29, 0.717) is 36.5 Å². The van der Waals surface area contributed by atoms with Crippen molar-refractivity contribution in [2.45, 2.75) is 19.3 Å². The number of nitrogen functional groups attached to an aromatic ring is 1. The average molecular weight is 333 g/mol. The molecule has 0 unspecified atom stereocenters. The van der Waals surface area contributed by atoms with Crippen LogP contribution in [0, 0.1) is 0 Å². The number of allylic oxidation sites excluding steroid dienone is 2. The largest absolute Gasteiger partial charge is 0.414 e. The maximum atomic E-state index is 11.4.